The zero-order chi connectivity index (χ0) is 10.7. The summed E-state index contributed by atoms with van der Waals surface area (Å²) < 4.78 is 0. The van der Waals surface area contributed by atoms with Gasteiger partial charge in [-0.3, -0.25) is 0 Å². The Morgan fingerprint density at radius 3 is 0.538 bits per heavy atom. The predicted octanol–water partition coefficient (Wildman–Crippen LogP) is -1.10. The molecule has 0 bridgehead atoms. The van der Waals surface area contributed by atoms with Crippen LogP contribution in [0.1, 0.15) is 0 Å². The van der Waals surface area contributed by atoms with Crippen LogP contribution in [0.2, 0.25) is 0 Å². The van der Waals surface area contributed by atoms with Crippen LogP contribution in [0, 0.1) is 46.0 Å². The fraction of sp³-hybridized carbons (Fsp3) is 0. The lowest BCUT2D eigenvalue weighted by atomic mass is 13.1. The van der Waals surface area contributed by atoms with Gasteiger partial charge < -0.3 is 46.0 Å². The van der Waals surface area contributed by atoms with Crippen LogP contribution in [0.5, 0.6) is 0 Å². The van der Waals surface area contributed by atoms with Crippen molar-refractivity contribution in [3.8, 4) is 0 Å². The first-order valence-electron chi connectivity index (χ1n) is 1.64. The van der Waals surface area contributed by atoms with Gasteiger partial charge in [-0.1, -0.05) is 0 Å². The van der Waals surface area contributed by atoms with Crippen molar-refractivity contribution < 1.29 is 15.3 Å². The molecule has 0 saturated carbocycles. The minimum atomic E-state index is -1.75. The predicted molar refractivity (Wildman–Crippen MR) is 36.8 cm³/mol. The lowest BCUT2D eigenvalue weighted by Crippen LogP contribution is -1.74. The second kappa shape index (κ2) is 16.6. The molecule has 0 aliphatic heterocycles. The van der Waals surface area contributed by atoms with Gasteiger partial charge in [-0.15, -0.1) is 0 Å². The molecule has 3 radical (unpaired) electrons. The minimum absolute atomic E-state index is 0. The first-order valence-corrected chi connectivity index (χ1v) is 1.64. The molecule has 13 heteroatoms. The Hall–Kier alpha value is -1.87. The van der Waals surface area contributed by atoms with E-state index >= 15 is 0 Å². The molecule has 0 fully saturated rings. The molecule has 0 amide bonds. The van der Waals surface area contributed by atoms with Gasteiger partial charge in [0.15, 0.2) is 0 Å². The first kappa shape index (κ1) is 22.5. The largest absolute Gasteiger partial charge is 0.356 e. The summed E-state index contributed by atoms with van der Waals surface area (Å²) in [5.74, 6) is 0. The summed E-state index contributed by atoms with van der Waals surface area (Å²) in [4.78, 5) is 24.8. The zero-order valence-electron chi connectivity index (χ0n) is 5.59. The average Bonchev–Trinajstić information content (AvgIpc) is 1.54. The van der Waals surface area contributed by atoms with E-state index in [1.165, 1.54) is 0 Å². The molecule has 13 heavy (non-hydrogen) atoms. The van der Waals surface area contributed by atoms with Crippen molar-refractivity contribution in [2.24, 2.45) is 0 Å². The highest BCUT2D eigenvalue weighted by atomic mass is 27.0. The number of hydrogen-bond donors (Lipinski definition) is 0. The normalized spacial score (nSPS) is 5.54. The molecule has 0 unspecified atom stereocenters. The lowest BCUT2D eigenvalue weighted by molar-refractivity contribution is -0.403. The van der Waals surface area contributed by atoms with E-state index in [2.05, 4.69) is 0 Å². The molecule has 0 spiro atoms. The van der Waals surface area contributed by atoms with Crippen molar-refractivity contribution in [1.29, 1.82) is 0 Å². The van der Waals surface area contributed by atoms with Crippen LogP contribution in [-0.2, 0) is 0 Å². The zero-order valence-corrected chi connectivity index (χ0v) is 6.75. The van der Waals surface area contributed by atoms with Crippen LogP contribution in [0.4, 0.5) is 0 Å². The van der Waals surface area contributed by atoms with Crippen LogP contribution in [0.15, 0.2) is 0 Å². The highest BCUT2D eigenvalue weighted by Crippen LogP contribution is 1.45. The summed E-state index contributed by atoms with van der Waals surface area (Å²) in [7, 11) is 0. The van der Waals surface area contributed by atoms with Crippen molar-refractivity contribution in [2.45, 2.75) is 0 Å². The van der Waals surface area contributed by atoms with E-state index in [9.17, 15) is 0 Å². The Morgan fingerprint density at radius 1 is 0.538 bits per heavy atom. The molecular formula is AlN3O9-3. The highest BCUT2D eigenvalue weighted by molar-refractivity contribution is 5.75. The van der Waals surface area contributed by atoms with E-state index in [0.29, 0.717) is 0 Å². The van der Waals surface area contributed by atoms with Crippen molar-refractivity contribution in [3.63, 3.8) is 0 Å². The maximum absolute atomic E-state index is 8.25. The molecule has 0 aliphatic rings. The monoisotopic (exact) mass is 213 g/mol. The van der Waals surface area contributed by atoms with Gasteiger partial charge in [-0.25, -0.2) is 0 Å². The Balaban J connectivity index is -0.0000000450. The smallest absolute Gasteiger partial charge is 0.0689 e. The van der Waals surface area contributed by atoms with E-state index in [0.717, 1.165) is 0 Å². The molecule has 0 aromatic heterocycles. The summed E-state index contributed by atoms with van der Waals surface area (Å²) in [5.41, 5.74) is 0. The number of nitrogens with zero attached hydrogens (tertiary/aromatic N) is 3. The van der Waals surface area contributed by atoms with E-state index in [1.807, 2.05) is 0 Å². The minimum Gasteiger partial charge on any atom is -0.356 e. The third kappa shape index (κ3) is 192. The van der Waals surface area contributed by atoms with Gasteiger partial charge in [0.25, 0.3) is 0 Å². The Bertz CT molecular complexity index is 112. The van der Waals surface area contributed by atoms with E-state index in [1.54, 1.807) is 0 Å². The fourth-order valence-electron chi connectivity index (χ4n) is 0. The molecule has 0 rings (SSSR count). The average molecular weight is 213 g/mol. The lowest BCUT2D eigenvalue weighted by Gasteiger charge is -1.74. The second-order valence-electron chi connectivity index (χ2n) is 0.671. The highest BCUT2D eigenvalue weighted by Gasteiger charge is 1.46. The van der Waals surface area contributed by atoms with E-state index in [4.69, 9.17) is 46.0 Å². The van der Waals surface area contributed by atoms with Gasteiger partial charge in [0.05, 0.1) is 15.3 Å². The van der Waals surface area contributed by atoms with Crippen LogP contribution >= 0.6 is 0 Å². The molecule has 75 valence electrons. The van der Waals surface area contributed by atoms with Gasteiger partial charge in [0.2, 0.25) is 0 Å². The third-order valence-electron chi connectivity index (χ3n) is 0. The van der Waals surface area contributed by atoms with Crippen LogP contribution in [-0.4, -0.2) is 32.6 Å². The summed E-state index contributed by atoms with van der Waals surface area (Å²) in [6.45, 7) is 0. The molecule has 12 nitrogen and oxygen atoms in total. The Labute approximate surface area is 79.5 Å². The topological polar surface area (TPSA) is 199 Å². The molecule has 0 aliphatic carbocycles. The molecule has 0 heterocycles. The van der Waals surface area contributed by atoms with E-state index < -0.39 is 15.3 Å². The number of rotatable bonds is 0. The van der Waals surface area contributed by atoms with Crippen LogP contribution in [0.25, 0.3) is 0 Å². The van der Waals surface area contributed by atoms with Crippen LogP contribution < -0.4 is 0 Å². The van der Waals surface area contributed by atoms with Gasteiger partial charge in [-0.05, 0) is 0 Å². The van der Waals surface area contributed by atoms with Gasteiger partial charge >= 0.3 is 0 Å². The summed E-state index contributed by atoms with van der Waals surface area (Å²) in [6, 6.07) is 0. The van der Waals surface area contributed by atoms with Crippen LogP contribution in [0.3, 0.4) is 0 Å². The maximum atomic E-state index is 8.25. The van der Waals surface area contributed by atoms with E-state index in [-0.39, 0.29) is 17.4 Å². The first-order chi connectivity index (χ1) is 5.20. The van der Waals surface area contributed by atoms with Gasteiger partial charge in [0.1, 0.15) is 0 Å². The molecule has 0 atom stereocenters. The molecule has 0 aromatic rings. The molecular weight excluding hydrogens is 213 g/mol. The molecule has 0 N–H and O–H groups in total. The molecule has 0 saturated heterocycles. The Kier molecular flexibility index (Phi) is 28.7. The summed E-state index contributed by atoms with van der Waals surface area (Å²) in [5, 5.41) is 44.2. The third-order valence-corrected chi connectivity index (χ3v) is 0. The standard InChI is InChI=1S/Al.3NO3/c;3*2-1(3)4/q;3*-1. The van der Waals surface area contributed by atoms with Crippen molar-refractivity contribution in [3.05, 3.63) is 46.0 Å². The Morgan fingerprint density at radius 2 is 0.538 bits per heavy atom. The SMILES string of the molecule is O=[N+]([O-])[O-].O=[N+]([O-])[O-].O=[N+]([O-])[O-].[Al]. The summed E-state index contributed by atoms with van der Waals surface area (Å²) >= 11 is 0. The number of hydrogen-bond acceptors (Lipinski definition) is 9. The van der Waals surface area contributed by atoms with Crippen molar-refractivity contribution in [2.75, 3.05) is 0 Å². The second-order valence-corrected chi connectivity index (χ2v) is 0.671. The van der Waals surface area contributed by atoms with Gasteiger partial charge in [0, 0.05) is 17.4 Å². The summed E-state index contributed by atoms with van der Waals surface area (Å²) in [6.07, 6.45) is 0. The molecule has 0 aromatic carbocycles. The maximum Gasteiger partial charge on any atom is 0.0689 e. The van der Waals surface area contributed by atoms with Gasteiger partial charge in [-0.2, -0.15) is 0 Å². The van der Waals surface area contributed by atoms with Crippen molar-refractivity contribution >= 4 is 17.4 Å². The fourth-order valence-corrected chi connectivity index (χ4v) is 0. The van der Waals surface area contributed by atoms with Crippen molar-refractivity contribution in [1.82, 2.24) is 0 Å². The quantitative estimate of drug-likeness (QED) is 0.272.